The van der Waals surface area contributed by atoms with Crippen LogP contribution in [-0.4, -0.2) is 35.9 Å². The Hall–Kier alpha value is -2.20. The third-order valence-corrected chi connectivity index (χ3v) is 3.36. The molecule has 1 heterocycles. The van der Waals surface area contributed by atoms with Crippen molar-refractivity contribution in [2.24, 2.45) is 0 Å². The summed E-state index contributed by atoms with van der Waals surface area (Å²) in [6, 6.07) is 14.0. The largest absolute Gasteiger partial charge is 0.344 e. The highest BCUT2D eigenvalue weighted by Crippen LogP contribution is 2.00. The van der Waals surface area contributed by atoms with Crippen LogP contribution in [0.25, 0.3) is 0 Å². The van der Waals surface area contributed by atoms with Crippen LogP contribution < -0.4 is 5.32 Å². The average molecular weight is 283 g/mol. The number of carbonyl (C=O) groups is 1. The summed E-state index contributed by atoms with van der Waals surface area (Å²) in [5.41, 5.74) is 2.38. The Bertz CT molecular complexity index is 542. The Kier molecular flexibility index (Phi) is 5.91. The highest BCUT2D eigenvalue weighted by atomic mass is 16.2. The molecule has 1 amide bonds. The summed E-state index contributed by atoms with van der Waals surface area (Å²) in [6.07, 6.45) is 4.40. The van der Waals surface area contributed by atoms with Crippen molar-refractivity contribution in [3.05, 3.63) is 66.0 Å². The van der Waals surface area contributed by atoms with Gasteiger partial charge >= 0.3 is 0 Å². The number of aromatic nitrogens is 1. The lowest BCUT2D eigenvalue weighted by atomic mass is 10.2. The molecule has 21 heavy (non-hydrogen) atoms. The van der Waals surface area contributed by atoms with E-state index in [1.165, 1.54) is 11.1 Å². The summed E-state index contributed by atoms with van der Waals surface area (Å²) in [5.74, 6) is 0.111. The van der Waals surface area contributed by atoms with E-state index in [4.69, 9.17) is 0 Å². The monoisotopic (exact) mass is 283 g/mol. The molecule has 0 aliphatic rings. The summed E-state index contributed by atoms with van der Waals surface area (Å²) in [5, 5.41) is 3.18. The average Bonchev–Trinajstić information content (AvgIpc) is 2.54. The Labute approximate surface area is 125 Å². The van der Waals surface area contributed by atoms with Gasteiger partial charge in [-0.15, -0.1) is 0 Å². The van der Waals surface area contributed by atoms with Gasteiger partial charge in [0.2, 0.25) is 5.91 Å². The van der Waals surface area contributed by atoms with E-state index in [9.17, 15) is 4.79 Å². The van der Waals surface area contributed by atoms with Gasteiger partial charge in [-0.1, -0.05) is 30.3 Å². The van der Waals surface area contributed by atoms with Crippen LogP contribution in [0, 0.1) is 0 Å². The molecule has 0 spiro atoms. The van der Waals surface area contributed by atoms with Crippen molar-refractivity contribution in [1.29, 1.82) is 0 Å². The maximum absolute atomic E-state index is 12.0. The molecule has 0 aliphatic heterocycles. The lowest BCUT2D eigenvalue weighted by Gasteiger charge is -2.17. The fraction of sp³-hybridized carbons (Fsp3) is 0.294. The van der Waals surface area contributed by atoms with E-state index < -0.39 is 0 Å². The minimum absolute atomic E-state index is 0.111. The van der Waals surface area contributed by atoms with E-state index in [0.717, 1.165) is 13.0 Å². The van der Waals surface area contributed by atoms with Crippen LogP contribution >= 0.6 is 0 Å². The van der Waals surface area contributed by atoms with Gasteiger partial charge in [0, 0.05) is 32.5 Å². The number of rotatable bonds is 7. The van der Waals surface area contributed by atoms with E-state index in [-0.39, 0.29) is 5.91 Å². The highest BCUT2D eigenvalue weighted by molar-refractivity contribution is 5.77. The first-order valence-corrected chi connectivity index (χ1v) is 7.13. The van der Waals surface area contributed by atoms with Crippen LogP contribution in [0.1, 0.15) is 11.1 Å². The topological polar surface area (TPSA) is 45.2 Å². The molecule has 0 atom stereocenters. The predicted octanol–water partition coefficient (Wildman–Crippen LogP) is 1.87. The molecule has 1 N–H and O–H groups in total. The number of hydrogen-bond acceptors (Lipinski definition) is 3. The molecule has 0 bridgehead atoms. The van der Waals surface area contributed by atoms with Crippen LogP contribution in [0.5, 0.6) is 0 Å². The Morgan fingerprint density at radius 2 is 1.81 bits per heavy atom. The summed E-state index contributed by atoms with van der Waals surface area (Å²) >= 11 is 0. The van der Waals surface area contributed by atoms with Crippen molar-refractivity contribution in [2.75, 3.05) is 20.1 Å². The summed E-state index contributed by atoms with van der Waals surface area (Å²) in [6.45, 7) is 1.79. The Balaban J connectivity index is 1.68. The lowest BCUT2D eigenvalue weighted by Crippen LogP contribution is -2.36. The van der Waals surface area contributed by atoms with Gasteiger partial charge in [-0.3, -0.25) is 9.78 Å². The van der Waals surface area contributed by atoms with Gasteiger partial charge in [-0.25, -0.2) is 0 Å². The van der Waals surface area contributed by atoms with Crippen molar-refractivity contribution in [1.82, 2.24) is 15.2 Å². The van der Waals surface area contributed by atoms with Crippen LogP contribution in [0.2, 0.25) is 0 Å². The number of nitrogens with one attached hydrogen (secondary N) is 1. The smallest absolute Gasteiger partial charge is 0.236 e. The molecule has 0 fully saturated rings. The molecule has 0 unspecified atom stereocenters. The number of amides is 1. The molecule has 2 aromatic rings. The summed E-state index contributed by atoms with van der Waals surface area (Å²) in [7, 11) is 1.84. The second kappa shape index (κ2) is 8.17. The van der Waals surface area contributed by atoms with Gasteiger partial charge < -0.3 is 10.2 Å². The van der Waals surface area contributed by atoms with Gasteiger partial charge in [0.15, 0.2) is 0 Å². The molecule has 0 saturated heterocycles. The normalized spacial score (nSPS) is 10.3. The predicted molar refractivity (Wildman–Crippen MR) is 83.7 cm³/mol. The fourth-order valence-corrected chi connectivity index (χ4v) is 2.02. The van der Waals surface area contributed by atoms with Gasteiger partial charge in [0.25, 0.3) is 0 Å². The standard InChI is InChI=1S/C17H21N3O/c1-20(12-9-15-7-10-18-11-8-15)17(21)14-19-13-16-5-3-2-4-6-16/h2-8,10-11,19H,9,12-14H2,1H3. The Morgan fingerprint density at radius 1 is 1.10 bits per heavy atom. The Morgan fingerprint density at radius 3 is 2.52 bits per heavy atom. The lowest BCUT2D eigenvalue weighted by molar-refractivity contribution is -0.128. The maximum Gasteiger partial charge on any atom is 0.236 e. The zero-order valence-corrected chi connectivity index (χ0v) is 12.3. The third kappa shape index (κ3) is 5.36. The molecule has 110 valence electrons. The van der Waals surface area contributed by atoms with Crippen LogP contribution in [0.3, 0.4) is 0 Å². The zero-order valence-electron chi connectivity index (χ0n) is 12.3. The van der Waals surface area contributed by atoms with E-state index in [1.807, 2.05) is 49.5 Å². The fourth-order valence-electron chi connectivity index (χ4n) is 2.02. The SMILES string of the molecule is CN(CCc1ccncc1)C(=O)CNCc1ccccc1. The second-order valence-corrected chi connectivity index (χ2v) is 5.01. The van der Waals surface area contributed by atoms with Crippen molar-refractivity contribution < 1.29 is 4.79 Å². The first-order chi connectivity index (χ1) is 10.3. The first kappa shape index (κ1) is 15.2. The minimum atomic E-state index is 0.111. The van der Waals surface area contributed by atoms with Gasteiger partial charge in [0.1, 0.15) is 0 Å². The molecule has 2 rings (SSSR count). The summed E-state index contributed by atoms with van der Waals surface area (Å²) in [4.78, 5) is 17.8. The minimum Gasteiger partial charge on any atom is -0.344 e. The van der Waals surface area contributed by atoms with Crippen molar-refractivity contribution in [3.8, 4) is 0 Å². The van der Waals surface area contributed by atoms with E-state index in [2.05, 4.69) is 10.3 Å². The molecule has 0 saturated carbocycles. The zero-order chi connectivity index (χ0) is 14.9. The van der Waals surface area contributed by atoms with E-state index >= 15 is 0 Å². The second-order valence-electron chi connectivity index (χ2n) is 5.01. The molecular formula is C17H21N3O. The number of likely N-dealkylation sites (N-methyl/N-ethyl adjacent to an activating group) is 1. The molecule has 4 heteroatoms. The molecule has 1 aromatic carbocycles. The van der Waals surface area contributed by atoms with Gasteiger partial charge in [-0.05, 0) is 29.7 Å². The van der Waals surface area contributed by atoms with Crippen LogP contribution in [0.15, 0.2) is 54.9 Å². The number of pyridine rings is 1. The van der Waals surface area contributed by atoms with Crippen LogP contribution in [-0.2, 0) is 17.8 Å². The van der Waals surface area contributed by atoms with Crippen molar-refractivity contribution >= 4 is 5.91 Å². The summed E-state index contributed by atoms with van der Waals surface area (Å²) < 4.78 is 0. The maximum atomic E-state index is 12.0. The quantitative estimate of drug-likeness (QED) is 0.844. The van der Waals surface area contributed by atoms with Crippen molar-refractivity contribution in [2.45, 2.75) is 13.0 Å². The van der Waals surface area contributed by atoms with E-state index in [0.29, 0.717) is 13.1 Å². The molecular weight excluding hydrogens is 262 g/mol. The third-order valence-electron chi connectivity index (χ3n) is 3.36. The number of nitrogens with zero attached hydrogens (tertiary/aromatic N) is 2. The first-order valence-electron chi connectivity index (χ1n) is 7.13. The number of benzene rings is 1. The molecule has 1 aromatic heterocycles. The molecule has 0 radical (unpaired) electrons. The van der Waals surface area contributed by atoms with Crippen molar-refractivity contribution in [3.63, 3.8) is 0 Å². The number of hydrogen-bond donors (Lipinski definition) is 1. The molecule has 4 nitrogen and oxygen atoms in total. The molecule has 0 aliphatic carbocycles. The van der Waals surface area contributed by atoms with Crippen LogP contribution in [0.4, 0.5) is 0 Å². The highest BCUT2D eigenvalue weighted by Gasteiger charge is 2.07. The van der Waals surface area contributed by atoms with Gasteiger partial charge in [-0.2, -0.15) is 0 Å². The number of carbonyl (C=O) groups excluding carboxylic acids is 1. The van der Waals surface area contributed by atoms with E-state index in [1.54, 1.807) is 17.3 Å². The van der Waals surface area contributed by atoms with Gasteiger partial charge in [0.05, 0.1) is 6.54 Å².